The third-order valence-corrected chi connectivity index (χ3v) is 1.60. The zero-order valence-corrected chi connectivity index (χ0v) is 5.36. The molecular formula is C6H4O5. The van der Waals surface area contributed by atoms with Gasteiger partial charge in [0.1, 0.15) is 6.61 Å². The maximum atomic E-state index is 10.7. The molecule has 5 nitrogen and oxygen atoms in total. The molecule has 0 fully saturated rings. The third kappa shape index (κ3) is 0.682. The van der Waals surface area contributed by atoms with Crippen molar-refractivity contribution in [1.82, 2.24) is 0 Å². The number of aliphatic hydroxyl groups is 1. The Morgan fingerprint density at radius 3 is 2.73 bits per heavy atom. The lowest BCUT2D eigenvalue weighted by Gasteiger charge is -2.04. The van der Waals surface area contributed by atoms with Crippen LogP contribution in [0.3, 0.4) is 0 Å². The number of esters is 2. The molecule has 5 heteroatoms. The van der Waals surface area contributed by atoms with Crippen LogP contribution >= 0.6 is 0 Å². The second kappa shape index (κ2) is 1.82. The fourth-order valence-electron chi connectivity index (χ4n) is 1.06. The molecule has 0 aromatic carbocycles. The molecule has 11 heavy (non-hydrogen) atoms. The van der Waals surface area contributed by atoms with E-state index in [1.807, 2.05) is 0 Å². The van der Waals surface area contributed by atoms with Gasteiger partial charge in [0.2, 0.25) is 6.29 Å². The van der Waals surface area contributed by atoms with Crippen molar-refractivity contribution < 1.29 is 24.2 Å². The van der Waals surface area contributed by atoms with E-state index in [-0.39, 0.29) is 17.8 Å². The molecular weight excluding hydrogens is 152 g/mol. The Morgan fingerprint density at radius 1 is 1.36 bits per heavy atom. The molecule has 1 N–H and O–H groups in total. The molecule has 58 valence electrons. The first-order valence-corrected chi connectivity index (χ1v) is 2.99. The van der Waals surface area contributed by atoms with E-state index in [0.29, 0.717) is 0 Å². The largest absolute Gasteiger partial charge is 0.457 e. The quantitative estimate of drug-likeness (QED) is 0.349. The van der Waals surface area contributed by atoms with Crippen LogP contribution in [0, 0.1) is 0 Å². The second-order valence-corrected chi connectivity index (χ2v) is 2.23. The number of aliphatic hydroxyl groups excluding tert-OH is 1. The Bertz CT molecular complexity index is 277. The van der Waals surface area contributed by atoms with E-state index in [0.717, 1.165) is 0 Å². The number of hydrogen-bond acceptors (Lipinski definition) is 5. The minimum absolute atomic E-state index is 0.0406. The van der Waals surface area contributed by atoms with Crippen molar-refractivity contribution >= 4 is 11.9 Å². The summed E-state index contributed by atoms with van der Waals surface area (Å²) in [6, 6.07) is 0. The Morgan fingerprint density at radius 2 is 2.09 bits per heavy atom. The van der Waals surface area contributed by atoms with Crippen molar-refractivity contribution in [2.75, 3.05) is 6.61 Å². The Hall–Kier alpha value is -1.36. The zero-order chi connectivity index (χ0) is 8.01. The van der Waals surface area contributed by atoms with Gasteiger partial charge in [-0.25, -0.2) is 9.59 Å². The number of hydrogen-bond donors (Lipinski definition) is 1. The lowest BCUT2D eigenvalue weighted by atomic mass is 10.2. The molecule has 0 amide bonds. The molecule has 0 saturated heterocycles. The van der Waals surface area contributed by atoms with Crippen LogP contribution in [0.15, 0.2) is 11.1 Å². The maximum absolute atomic E-state index is 10.7. The van der Waals surface area contributed by atoms with E-state index in [1.54, 1.807) is 0 Å². The summed E-state index contributed by atoms with van der Waals surface area (Å²) in [6.45, 7) is -0.0406. The summed E-state index contributed by atoms with van der Waals surface area (Å²) >= 11 is 0. The highest BCUT2D eigenvalue weighted by Crippen LogP contribution is 2.27. The molecule has 0 aromatic rings. The predicted molar refractivity (Wildman–Crippen MR) is 30.1 cm³/mol. The van der Waals surface area contributed by atoms with Gasteiger partial charge in [0.25, 0.3) is 0 Å². The van der Waals surface area contributed by atoms with Crippen LogP contribution < -0.4 is 0 Å². The fraction of sp³-hybridized carbons (Fsp3) is 0.333. The van der Waals surface area contributed by atoms with Gasteiger partial charge in [0.05, 0.1) is 5.57 Å². The first-order valence-electron chi connectivity index (χ1n) is 2.99. The number of cyclic esters (lactones) is 2. The molecule has 0 aliphatic carbocycles. The molecule has 0 saturated carbocycles. The Balaban J connectivity index is 2.46. The summed E-state index contributed by atoms with van der Waals surface area (Å²) in [4.78, 5) is 21.5. The molecule has 2 aliphatic heterocycles. The van der Waals surface area contributed by atoms with Crippen molar-refractivity contribution in [3.05, 3.63) is 11.1 Å². The van der Waals surface area contributed by atoms with Crippen molar-refractivity contribution in [1.29, 1.82) is 0 Å². The van der Waals surface area contributed by atoms with Crippen LogP contribution in [-0.2, 0) is 19.1 Å². The Kier molecular flexibility index (Phi) is 1.05. The molecule has 1 unspecified atom stereocenters. The average Bonchev–Trinajstić information content (AvgIpc) is 2.41. The van der Waals surface area contributed by atoms with Crippen molar-refractivity contribution in [3.8, 4) is 0 Å². The van der Waals surface area contributed by atoms with Gasteiger partial charge in [-0.1, -0.05) is 0 Å². The first kappa shape index (κ1) is 6.36. The van der Waals surface area contributed by atoms with Gasteiger partial charge in [-0.15, -0.1) is 0 Å². The van der Waals surface area contributed by atoms with Gasteiger partial charge in [0.15, 0.2) is 5.57 Å². The summed E-state index contributed by atoms with van der Waals surface area (Å²) < 4.78 is 8.83. The van der Waals surface area contributed by atoms with E-state index in [9.17, 15) is 9.59 Å². The number of ether oxygens (including phenoxy) is 2. The molecule has 0 spiro atoms. The van der Waals surface area contributed by atoms with Gasteiger partial charge in [0, 0.05) is 0 Å². The third-order valence-electron chi connectivity index (χ3n) is 1.60. The van der Waals surface area contributed by atoms with Crippen LogP contribution in [0.1, 0.15) is 0 Å². The van der Waals surface area contributed by atoms with Crippen molar-refractivity contribution in [2.45, 2.75) is 6.29 Å². The maximum Gasteiger partial charge on any atom is 0.348 e. The Labute approximate surface area is 61.2 Å². The summed E-state index contributed by atoms with van der Waals surface area (Å²) in [6.07, 6.45) is -1.29. The topological polar surface area (TPSA) is 72.8 Å². The van der Waals surface area contributed by atoms with E-state index < -0.39 is 18.2 Å². The molecule has 1 atom stereocenters. The highest BCUT2D eigenvalue weighted by molar-refractivity contribution is 6.17. The molecule has 0 bridgehead atoms. The van der Waals surface area contributed by atoms with Crippen LogP contribution in [0.25, 0.3) is 0 Å². The molecule has 2 rings (SSSR count). The van der Waals surface area contributed by atoms with Crippen LogP contribution in [0.5, 0.6) is 0 Å². The number of rotatable bonds is 0. The highest BCUT2D eigenvalue weighted by Gasteiger charge is 2.42. The van der Waals surface area contributed by atoms with Gasteiger partial charge < -0.3 is 14.6 Å². The summed E-state index contributed by atoms with van der Waals surface area (Å²) in [5.41, 5.74) is 0.0949. The van der Waals surface area contributed by atoms with Crippen LogP contribution in [0.4, 0.5) is 0 Å². The van der Waals surface area contributed by atoms with Gasteiger partial charge >= 0.3 is 11.9 Å². The van der Waals surface area contributed by atoms with Gasteiger partial charge in [-0.2, -0.15) is 0 Å². The van der Waals surface area contributed by atoms with E-state index >= 15 is 0 Å². The normalized spacial score (nSPS) is 28.6. The van der Waals surface area contributed by atoms with Crippen LogP contribution in [0.2, 0.25) is 0 Å². The highest BCUT2D eigenvalue weighted by atomic mass is 16.6. The lowest BCUT2D eigenvalue weighted by molar-refractivity contribution is -0.157. The van der Waals surface area contributed by atoms with E-state index in [4.69, 9.17) is 5.11 Å². The second-order valence-electron chi connectivity index (χ2n) is 2.23. The fourth-order valence-corrected chi connectivity index (χ4v) is 1.06. The van der Waals surface area contributed by atoms with E-state index in [2.05, 4.69) is 9.47 Å². The molecule has 2 heterocycles. The minimum Gasteiger partial charge on any atom is -0.457 e. The summed E-state index contributed by atoms with van der Waals surface area (Å²) in [7, 11) is 0. The van der Waals surface area contributed by atoms with E-state index in [1.165, 1.54) is 0 Å². The monoisotopic (exact) mass is 156 g/mol. The van der Waals surface area contributed by atoms with Crippen molar-refractivity contribution in [3.63, 3.8) is 0 Å². The first-order chi connectivity index (χ1) is 5.20. The molecule has 0 aromatic heterocycles. The van der Waals surface area contributed by atoms with Crippen LogP contribution in [-0.4, -0.2) is 29.9 Å². The molecule has 2 aliphatic rings. The minimum atomic E-state index is -1.29. The zero-order valence-electron chi connectivity index (χ0n) is 5.36. The lowest BCUT2D eigenvalue weighted by Crippen LogP contribution is -2.16. The molecule has 0 radical (unpaired) electrons. The summed E-state index contributed by atoms with van der Waals surface area (Å²) in [5.74, 6) is -1.50. The predicted octanol–water partition coefficient (Wildman–Crippen LogP) is -1.28. The average molecular weight is 156 g/mol. The number of carbonyl (C=O) groups is 2. The van der Waals surface area contributed by atoms with Gasteiger partial charge in [-0.3, -0.25) is 0 Å². The van der Waals surface area contributed by atoms with Gasteiger partial charge in [-0.05, 0) is 0 Å². The standard InChI is InChI=1S/C6H4O5/c7-4-2-1-10-5(8)3(2)6(9)11-4/h4,7H,1H2. The SMILES string of the molecule is O=C1OCC2=C1C(=O)OC2O. The summed E-state index contributed by atoms with van der Waals surface area (Å²) in [5, 5.41) is 8.95. The smallest absolute Gasteiger partial charge is 0.348 e. The number of carbonyl (C=O) groups excluding carboxylic acids is 2. The van der Waals surface area contributed by atoms with Crippen molar-refractivity contribution in [2.24, 2.45) is 0 Å².